The number of hydrogen-bond acceptors (Lipinski definition) is 4. The molecule has 0 saturated heterocycles. The summed E-state index contributed by atoms with van der Waals surface area (Å²) in [5, 5.41) is 3.23. The summed E-state index contributed by atoms with van der Waals surface area (Å²) in [4.78, 5) is 11.1. The summed E-state index contributed by atoms with van der Waals surface area (Å²) < 4.78 is 10.5. The largest absolute Gasteiger partial charge is 0.492 e. The normalized spacial score (nSPS) is 11.9. The lowest BCUT2D eigenvalue weighted by Gasteiger charge is -2.14. The highest BCUT2D eigenvalue weighted by molar-refractivity contribution is 5.69. The van der Waals surface area contributed by atoms with Crippen LogP contribution < -0.4 is 10.1 Å². The molecule has 0 heterocycles. The van der Waals surface area contributed by atoms with Gasteiger partial charge in [0.15, 0.2) is 0 Å². The maximum absolute atomic E-state index is 11.1. The van der Waals surface area contributed by atoms with Crippen LogP contribution >= 0.6 is 0 Å². The fraction of sp³-hybridized carbons (Fsp3) is 0.533. The third kappa shape index (κ3) is 6.82. The van der Waals surface area contributed by atoms with Gasteiger partial charge in [-0.25, -0.2) is 0 Å². The molecule has 19 heavy (non-hydrogen) atoms. The van der Waals surface area contributed by atoms with Crippen molar-refractivity contribution in [2.24, 2.45) is 0 Å². The second-order valence-corrected chi connectivity index (χ2v) is 4.53. The van der Waals surface area contributed by atoms with Crippen LogP contribution in [0.1, 0.15) is 25.8 Å². The molecule has 1 N–H and O–H groups in total. The molecule has 0 spiro atoms. The van der Waals surface area contributed by atoms with E-state index in [-0.39, 0.29) is 12.0 Å². The zero-order valence-electron chi connectivity index (χ0n) is 11.9. The molecule has 1 aromatic carbocycles. The molecule has 1 atom stereocenters. The van der Waals surface area contributed by atoms with E-state index in [0.717, 1.165) is 5.75 Å². The zero-order chi connectivity index (χ0) is 14.1. The smallest absolute Gasteiger partial charge is 0.307 e. The van der Waals surface area contributed by atoms with Gasteiger partial charge < -0.3 is 14.8 Å². The minimum absolute atomic E-state index is 0.165. The van der Waals surface area contributed by atoms with E-state index in [0.29, 0.717) is 26.2 Å². The Labute approximate surface area is 115 Å². The van der Waals surface area contributed by atoms with Gasteiger partial charge in [-0.2, -0.15) is 0 Å². The van der Waals surface area contributed by atoms with Gasteiger partial charge >= 0.3 is 5.97 Å². The summed E-state index contributed by atoms with van der Waals surface area (Å²) in [6.45, 7) is 7.50. The third-order valence-electron chi connectivity index (χ3n) is 2.65. The van der Waals surface area contributed by atoms with Gasteiger partial charge in [0.2, 0.25) is 0 Å². The molecule has 0 amide bonds. The first-order valence-electron chi connectivity index (χ1n) is 6.70. The van der Waals surface area contributed by atoms with Crippen molar-refractivity contribution in [3.05, 3.63) is 29.8 Å². The van der Waals surface area contributed by atoms with Crippen LogP contribution in [0.25, 0.3) is 0 Å². The number of nitrogens with one attached hydrogen (secondary N) is 1. The lowest BCUT2D eigenvalue weighted by atomic mass is 10.2. The number of esters is 1. The first-order valence-corrected chi connectivity index (χ1v) is 6.70. The summed E-state index contributed by atoms with van der Waals surface area (Å²) in [5.41, 5.74) is 1.22. The molecule has 0 bridgehead atoms. The van der Waals surface area contributed by atoms with Crippen molar-refractivity contribution in [1.82, 2.24) is 5.32 Å². The van der Waals surface area contributed by atoms with Crippen molar-refractivity contribution in [3.8, 4) is 5.75 Å². The van der Waals surface area contributed by atoms with Crippen LogP contribution in [0.2, 0.25) is 0 Å². The van der Waals surface area contributed by atoms with Crippen molar-refractivity contribution in [2.75, 3.05) is 19.8 Å². The topological polar surface area (TPSA) is 47.6 Å². The Morgan fingerprint density at radius 2 is 2.00 bits per heavy atom. The van der Waals surface area contributed by atoms with Gasteiger partial charge in [-0.1, -0.05) is 17.7 Å². The summed E-state index contributed by atoms with van der Waals surface area (Å²) in [6, 6.07) is 8.15. The third-order valence-corrected chi connectivity index (χ3v) is 2.65. The number of benzene rings is 1. The Morgan fingerprint density at radius 3 is 2.63 bits per heavy atom. The summed E-state index contributed by atoms with van der Waals surface area (Å²) in [6.07, 6.45) is 0.392. The zero-order valence-corrected chi connectivity index (χ0v) is 11.9. The summed E-state index contributed by atoms with van der Waals surface area (Å²) in [5.74, 6) is 0.700. The van der Waals surface area contributed by atoms with Crippen LogP contribution in [-0.4, -0.2) is 31.8 Å². The van der Waals surface area contributed by atoms with Crippen molar-refractivity contribution >= 4 is 5.97 Å². The maximum atomic E-state index is 11.1. The Balaban J connectivity index is 2.15. The molecule has 106 valence electrons. The molecular weight excluding hydrogens is 242 g/mol. The van der Waals surface area contributed by atoms with E-state index in [9.17, 15) is 4.79 Å². The molecule has 1 aromatic rings. The van der Waals surface area contributed by atoms with Gasteiger partial charge in [-0.05, 0) is 32.9 Å². The van der Waals surface area contributed by atoms with Crippen molar-refractivity contribution < 1.29 is 14.3 Å². The molecule has 0 aliphatic heterocycles. The van der Waals surface area contributed by atoms with Crippen LogP contribution in [-0.2, 0) is 9.53 Å². The Kier molecular flexibility index (Phi) is 6.97. The van der Waals surface area contributed by atoms with Crippen LogP contribution in [0.3, 0.4) is 0 Å². The molecule has 4 nitrogen and oxygen atoms in total. The first-order chi connectivity index (χ1) is 9.11. The average molecular weight is 265 g/mol. The number of carbonyl (C=O) groups is 1. The van der Waals surface area contributed by atoms with Gasteiger partial charge in [0.25, 0.3) is 0 Å². The quantitative estimate of drug-likeness (QED) is 0.733. The van der Waals surface area contributed by atoms with Crippen molar-refractivity contribution in [1.29, 1.82) is 0 Å². The van der Waals surface area contributed by atoms with Gasteiger partial charge in [0.1, 0.15) is 12.4 Å². The standard InChI is InChI=1S/C15H23NO3/c1-4-18-15(17)9-10-16-13(3)11-19-14-7-5-12(2)6-8-14/h5-8,13,16H,4,9-11H2,1-3H3. The first kappa shape index (κ1) is 15.5. The fourth-order valence-electron chi connectivity index (χ4n) is 1.57. The SMILES string of the molecule is CCOC(=O)CCNC(C)COc1ccc(C)cc1. The van der Waals surface area contributed by atoms with Crippen LogP contribution in [0, 0.1) is 6.92 Å². The van der Waals surface area contributed by atoms with Crippen LogP contribution in [0.4, 0.5) is 0 Å². The van der Waals surface area contributed by atoms with Gasteiger partial charge in [-0.15, -0.1) is 0 Å². The maximum Gasteiger partial charge on any atom is 0.307 e. The molecular formula is C15H23NO3. The predicted octanol–water partition coefficient (Wildman–Crippen LogP) is 2.31. The second-order valence-electron chi connectivity index (χ2n) is 4.53. The molecule has 0 aliphatic rings. The lowest BCUT2D eigenvalue weighted by Crippen LogP contribution is -2.33. The molecule has 1 rings (SSSR count). The van der Waals surface area contributed by atoms with E-state index in [4.69, 9.17) is 9.47 Å². The Bertz CT molecular complexity index is 375. The molecule has 0 radical (unpaired) electrons. The van der Waals surface area contributed by atoms with Crippen LogP contribution in [0.15, 0.2) is 24.3 Å². The van der Waals surface area contributed by atoms with E-state index < -0.39 is 0 Å². The lowest BCUT2D eigenvalue weighted by molar-refractivity contribution is -0.143. The highest BCUT2D eigenvalue weighted by atomic mass is 16.5. The fourth-order valence-corrected chi connectivity index (χ4v) is 1.57. The molecule has 0 aromatic heterocycles. The van der Waals surface area contributed by atoms with E-state index in [1.807, 2.05) is 45.0 Å². The summed E-state index contributed by atoms with van der Waals surface area (Å²) in [7, 11) is 0. The number of aryl methyl sites for hydroxylation is 1. The van der Waals surface area contributed by atoms with E-state index >= 15 is 0 Å². The van der Waals surface area contributed by atoms with E-state index in [1.165, 1.54) is 5.56 Å². The van der Waals surface area contributed by atoms with Gasteiger partial charge in [-0.3, -0.25) is 4.79 Å². The van der Waals surface area contributed by atoms with Crippen LogP contribution in [0.5, 0.6) is 5.75 Å². The monoisotopic (exact) mass is 265 g/mol. The molecule has 0 fully saturated rings. The molecule has 0 aliphatic carbocycles. The van der Waals surface area contributed by atoms with E-state index in [2.05, 4.69) is 5.32 Å². The molecule has 4 heteroatoms. The molecule has 1 unspecified atom stereocenters. The number of hydrogen-bond donors (Lipinski definition) is 1. The minimum atomic E-state index is -0.165. The number of rotatable bonds is 8. The van der Waals surface area contributed by atoms with Gasteiger partial charge in [0, 0.05) is 12.6 Å². The predicted molar refractivity (Wildman–Crippen MR) is 75.4 cm³/mol. The number of carbonyl (C=O) groups excluding carboxylic acids is 1. The van der Waals surface area contributed by atoms with Gasteiger partial charge in [0.05, 0.1) is 13.0 Å². The highest BCUT2D eigenvalue weighted by Crippen LogP contribution is 2.11. The second kappa shape index (κ2) is 8.53. The average Bonchev–Trinajstić information content (AvgIpc) is 2.38. The van der Waals surface area contributed by atoms with E-state index in [1.54, 1.807) is 0 Å². The molecule has 0 saturated carbocycles. The summed E-state index contributed by atoms with van der Waals surface area (Å²) >= 11 is 0. The van der Waals surface area contributed by atoms with Crippen molar-refractivity contribution in [2.45, 2.75) is 33.2 Å². The van der Waals surface area contributed by atoms with Crippen molar-refractivity contribution in [3.63, 3.8) is 0 Å². The minimum Gasteiger partial charge on any atom is -0.492 e. The Morgan fingerprint density at radius 1 is 1.32 bits per heavy atom. The number of ether oxygens (including phenoxy) is 2. The highest BCUT2D eigenvalue weighted by Gasteiger charge is 2.05. The Hall–Kier alpha value is -1.55.